The van der Waals surface area contributed by atoms with Crippen LogP contribution in [0.15, 0.2) is 28.8 Å². The molecule has 0 aliphatic carbocycles. The van der Waals surface area contributed by atoms with Crippen molar-refractivity contribution in [1.82, 2.24) is 15.5 Å². The molecule has 0 aliphatic heterocycles. The highest BCUT2D eigenvalue weighted by molar-refractivity contribution is 5.88. The van der Waals surface area contributed by atoms with Crippen LogP contribution in [0.25, 0.3) is 11.5 Å². The number of nitrogens with one attached hydrogen (secondary N) is 2. The molecule has 1 aromatic heterocycles. The van der Waals surface area contributed by atoms with E-state index in [1.165, 1.54) is 0 Å². The van der Waals surface area contributed by atoms with Gasteiger partial charge >= 0.3 is 6.03 Å². The fourth-order valence-electron chi connectivity index (χ4n) is 1.70. The highest BCUT2D eigenvalue weighted by Crippen LogP contribution is 2.21. The van der Waals surface area contributed by atoms with Crippen molar-refractivity contribution in [3.8, 4) is 11.5 Å². The zero-order valence-electron chi connectivity index (χ0n) is 11.4. The maximum absolute atomic E-state index is 10.8. The average molecular weight is 275 g/mol. The first kappa shape index (κ1) is 14.0. The number of benzene rings is 1. The van der Waals surface area contributed by atoms with Crippen molar-refractivity contribution in [3.05, 3.63) is 30.1 Å². The Hall–Kier alpha value is -2.41. The Morgan fingerprint density at radius 3 is 3.00 bits per heavy atom. The molecule has 7 nitrogen and oxygen atoms in total. The van der Waals surface area contributed by atoms with Crippen LogP contribution in [0.3, 0.4) is 0 Å². The maximum atomic E-state index is 10.8. The number of hydrogen-bond acceptors (Lipinski definition) is 5. The van der Waals surface area contributed by atoms with Crippen LogP contribution in [0, 0.1) is 0 Å². The van der Waals surface area contributed by atoms with Gasteiger partial charge in [0.2, 0.25) is 0 Å². The van der Waals surface area contributed by atoms with Crippen LogP contribution in [0.2, 0.25) is 0 Å². The fraction of sp³-hybridized carbons (Fsp3) is 0.308. The number of nitrogens with zero attached hydrogens (tertiary/aromatic N) is 2. The summed E-state index contributed by atoms with van der Waals surface area (Å²) in [5.41, 5.74) is 6.39. The van der Waals surface area contributed by atoms with Crippen LogP contribution < -0.4 is 16.4 Å². The number of aromatic nitrogens is 2. The number of urea groups is 1. The molecule has 0 bridgehead atoms. The maximum Gasteiger partial charge on any atom is 0.316 e. The van der Waals surface area contributed by atoms with E-state index in [0.29, 0.717) is 23.8 Å². The average Bonchev–Trinajstić information content (AvgIpc) is 2.86. The van der Waals surface area contributed by atoms with Crippen molar-refractivity contribution in [1.29, 1.82) is 0 Å². The summed E-state index contributed by atoms with van der Waals surface area (Å²) >= 11 is 0. The first-order valence-corrected chi connectivity index (χ1v) is 6.25. The van der Waals surface area contributed by atoms with E-state index < -0.39 is 6.03 Å². The molecular formula is C13H17N5O2. The number of primary amides is 1. The zero-order valence-corrected chi connectivity index (χ0v) is 11.4. The molecule has 106 valence electrons. The Kier molecular flexibility index (Phi) is 4.31. The first-order chi connectivity index (χ1) is 9.58. The van der Waals surface area contributed by atoms with Gasteiger partial charge in [-0.2, -0.15) is 4.98 Å². The molecule has 1 aromatic carbocycles. The summed E-state index contributed by atoms with van der Waals surface area (Å²) in [5.74, 6) is 1.05. The number of rotatable bonds is 5. The van der Waals surface area contributed by atoms with Gasteiger partial charge in [0, 0.05) is 23.7 Å². The van der Waals surface area contributed by atoms with Gasteiger partial charge in [-0.15, -0.1) is 0 Å². The van der Waals surface area contributed by atoms with Gasteiger partial charge in [-0.1, -0.05) is 11.2 Å². The number of anilines is 1. The lowest BCUT2D eigenvalue weighted by Gasteiger charge is -2.04. The molecule has 4 N–H and O–H groups in total. The number of carbonyl (C=O) groups is 1. The number of nitrogens with two attached hydrogens (primary N) is 1. The highest BCUT2D eigenvalue weighted by atomic mass is 16.5. The minimum absolute atomic E-state index is 0.267. The van der Waals surface area contributed by atoms with Crippen molar-refractivity contribution in [2.24, 2.45) is 5.73 Å². The lowest BCUT2D eigenvalue weighted by atomic mass is 10.2. The van der Waals surface area contributed by atoms with Crippen molar-refractivity contribution in [2.45, 2.75) is 19.4 Å². The quantitative estimate of drug-likeness (QED) is 0.764. The predicted octanol–water partition coefficient (Wildman–Crippen LogP) is 1.38. The third kappa shape index (κ3) is 3.55. The SMILES string of the molecule is CNC(C)Cc1noc(-c2cccc(NC(N)=O)c2)n1. The summed E-state index contributed by atoms with van der Waals surface area (Å²) in [6, 6.07) is 6.71. The van der Waals surface area contributed by atoms with Crippen LogP contribution in [-0.2, 0) is 6.42 Å². The standard InChI is InChI=1S/C13H17N5O2/c1-8(15-2)6-11-17-12(20-18-11)9-4-3-5-10(7-9)16-13(14)19/h3-5,7-8,15H,6H2,1-2H3,(H3,14,16,19). The van der Waals surface area contributed by atoms with Gasteiger partial charge < -0.3 is 20.9 Å². The largest absolute Gasteiger partial charge is 0.351 e. The molecule has 2 rings (SSSR count). The molecule has 7 heteroatoms. The van der Waals surface area contributed by atoms with Gasteiger partial charge in [0.1, 0.15) is 0 Å². The number of carbonyl (C=O) groups excluding carboxylic acids is 1. The Morgan fingerprint density at radius 2 is 2.30 bits per heavy atom. The molecule has 1 heterocycles. The van der Waals surface area contributed by atoms with Crippen molar-refractivity contribution in [2.75, 3.05) is 12.4 Å². The molecule has 2 amide bonds. The van der Waals surface area contributed by atoms with E-state index >= 15 is 0 Å². The summed E-state index contributed by atoms with van der Waals surface area (Å²) in [7, 11) is 1.88. The monoisotopic (exact) mass is 275 g/mol. The van der Waals surface area contributed by atoms with Crippen molar-refractivity contribution in [3.63, 3.8) is 0 Å². The van der Waals surface area contributed by atoms with E-state index in [-0.39, 0.29) is 6.04 Å². The summed E-state index contributed by atoms with van der Waals surface area (Å²) in [5, 5.41) is 9.55. The molecule has 0 saturated heterocycles. The molecule has 0 fully saturated rings. The lowest BCUT2D eigenvalue weighted by molar-refractivity contribution is 0.259. The minimum Gasteiger partial charge on any atom is -0.351 e. The van der Waals surface area contributed by atoms with E-state index in [4.69, 9.17) is 10.3 Å². The third-order valence-electron chi connectivity index (χ3n) is 2.83. The highest BCUT2D eigenvalue weighted by Gasteiger charge is 2.11. The van der Waals surface area contributed by atoms with E-state index in [2.05, 4.69) is 20.8 Å². The lowest BCUT2D eigenvalue weighted by Crippen LogP contribution is -2.24. The van der Waals surface area contributed by atoms with Crippen LogP contribution >= 0.6 is 0 Å². The van der Waals surface area contributed by atoms with Gasteiger partial charge in [-0.25, -0.2) is 4.79 Å². The topological polar surface area (TPSA) is 106 Å². The second kappa shape index (κ2) is 6.16. The second-order valence-corrected chi connectivity index (χ2v) is 4.48. The molecule has 1 atom stereocenters. The van der Waals surface area contributed by atoms with Crippen LogP contribution in [0.4, 0.5) is 10.5 Å². The number of hydrogen-bond donors (Lipinski definition) is 3. The van der Waals surface area contributed by atoms with Gasteiger partial charge in [-0.3, -0.25) is 0 Å². The Morgan fingerprint density at radius 1 is 1.50 bits per heavy atom. The summed E-state index contributed by atoms with van der Waals surface area (Å²) in [6.45, 7) is 2.04. The normalized spacial score (nSPS) is 12.1. The van der Waals surface area contributed by atoms with Crippen LogP contribution in [-0.4, -0.2) is 29.3 Å². The third-order valence-corrected chi connectivity index (χ3v) is 2.83. The van der Waals surface area contributed by atoms with Crippen molar-refractivity contribution >= 4 is 11.7 Å². The van der Waals surface area contributed by atoms with Gasteiger partial charge in [0.05, 0.1) is 0 Å². The van der Waals surface area contributed by atoms with E-state index in [1.54, 1.807) is 18.2 Å². The zero-order chi connectivity index (χ0) is 14.5. The molecule has 2 aromatic rings. The molecule has 20 heavy (non-hydrogen) atoms. The summed E-state index contributed by atoms with van der Waals surface area (Å²) in [6.07, 6.45) is 0.680. The Bertz CT molecular complexity index is 596. The predicted molar refractivity (Wildman–Crippen MR) is 75.2 cm³/mol. The Balaban J connectivity index is 2.17. The smallest absolute Gasteiger partial charge is 0.316 e. The molecule has 0 aliphatic rings. The molecule has 0 spiro atoms. The number of amides is 2. The molecule has 0 saturated carbocycles. The van der Waals surface area contributed by atoms with Gasteiger partial charge in [-0.05, 0) is 32.2 Å². The molecule has 1 unspecified atom stereocenters. The first-order valence-electron chi connectivity index (χ1n) is 6.25. The molecular weight excluding hydrogens is 258 g/mol. The van der Waals surface area contributed by atoms with E-state index in [9.17, 15) is 4.79 Å². The van der Waals surface area contributed by atoms with Gasteiger partial charge in [0.15, 0.2) is 5.82 Å². The van der Waals surface area contributed by atoms with E-state index in [1.807, 2.05) is 20.0 Å². The fourth-order valence-corrected chi connectivity index (χ4v) is 1.70. The molecule has 0 radical (unpaired) electrons. The summed E-state index contributed by atoms with van der Waals surface area (Å²) in [4.78, 5) is 15.2. The van der Waals surface area contributed by atoms with Crippen LogP contribution in [0.1, 0.15) is 12.7 Å². The number of likely N-dealkylation sites (N-methyl/N-ethyl adjacent to an activating group) is 1. The minimum atomic E-state index is -0.615. The van der Waals surface area contributed by atoms with Gasteiger partial charge in [0.25, 0.3) is 5.89 Å². The van der Waals surface area contributed by atoms with E-state index in [0.717, 1.165) is 5.56 Å². The summed E-state index contributed by atoms with van der Waals surface area (Å²) < 4.78 is 5.22. The Labute approximate surface area is 116 Å². The van der Waals surface area contributed by atoms with Crippen LogP contribution in [0.5, 0.6) is 0 Å². The van der Waals surface area contributed by atoms with Crippen molar-refractivity contribution < 1.29 is 9.32 Å². The second-order valence-electron chi connectivity index (χ2n) is 4.48.